The largest absolute Gasteiger partial charge is 0.318 e. The molecule has 0 amide bonds. The zero-order chi connectivity index (χ0) is 11.0. The zero-order valence-electron chi connectivity index (χ0n) is 9.72. The van der Waals surface area contributed by atoms with Crippen LogP contribution >= 0.6 is 12.4 Å². The Morgan fingerprint density at radius 2 is 1.81 bits per heavy atom. The summed E-state index contributed by atoms with van der Waals surface area (Å²) >= 11 is 0. The number of aryl methyl sites for hydroxylation is 3. The van der Waals surface area contributed by atoms with Crippen molar-refractivity contribution in [2.24, 2.45) is 12.0 Å². The number of aromatic nitrogens is 4. The van der Waals surface area contributed by atoms with Crippen molar-refractivity contribution >= 4 is 23.6 Å². The molecule has 0 aliphatic heterocycles. The third-order valence-electron chi connectivity index (χ3n) is 2.40. The second-order valence-electron chi connectivity index (χ2n) is 3.47. The Bertz CT molecular complexity index is 588. The molecule has 0 fully saturated rings. The van der Waals surface area contributed by atoms with Crippen LogP contribution in [0.4, 0.5) is 0 Å². The van der Waals surface area contributed by atoms with Gasteiger partial charge < -0.3 is 4.57 Å². The SMILES string of the molecule is CN=c1ncn(C)c2nc(C)c(C)nc12.Cl. The lowest BCUT2D eigenvalue weighted by Crippen LogP contribution is -2.16. The average Bonchev–Trinajstić information content (AvgIpc) is 2.22. The molecule has 0 spiro atoms. The van der Waals surface area contributed by atoms with Gasteiger partial charge in [-0.3, -0.25) is 4.99 Å². The van der Waals surface area contributed by atoms with E-state index in [9.17, 15) is 0 Å². The molecule has 2 aromatic rings. The zero-order valence-corrected chi connectivity index (χ0v) is 10.5. The Hall–Kier alpha value is -1.49. The van der Waals surface area contributed by atoms with E-state index in [1.165, 1.54) is 0 Å². The normalized spacial score (nSPS) is 11.6. The van der Waals surface area contributed by atoms with Gasteiger partial charge in [0.15, 0.2) is 16.7 Å². The summed E-state index contributed by atoms with van der Waals surface area (Å²) in [5.74, 6) is 0. The van der Waals surface area contributed by atoms with Crippen LogP contribution in [-0.2, 0) is 7.05 Å². The number of rotatable bonds is 0. The van der Waals surface area contributed by atoms with Crippen molar-refractivity contribution in [1.29, 1.82) is 0 Å². The van der Waals surface area contributed by atoms with Gasteiger partial charge in [0, 0.05) is 14.1 Å². The van der Waals surface area contributed by atoms with E-state index in [0.717, 1.165) is 22.6 Å². The van der Waals surface area contributed by atoms with Crippen molar-refractivity contribution in [3.8, 4) is 0 Å². The molecular weight excluding hydrogens is 226 g/mol. The van der Waals surface area contributed by atoms with Crippen LogP contribution < -0.4 is 5.49 Å². The van der Waals surface area contributed by atoms with Crippen molar-refractivity contribution in [2.75, 3.05) is 7.05 Å². The molecule has 0 N–H and O–H groups in total. The maximum Gasteiger partial charge on any atom is 0.178 e. The number of hydrogen-bond acceptors (Lipinski definition) is 4. The molecule has 2 heterocycles. The Kier molecular flexibility index (Phi) is 3.59. The third kappa shape index (κ3) is 1.90. The molecule has 0 saturated carbocycles. The summed E-state index contributed by atoms with van der Waals surface area (Å²) in [6.07, 6.45) is 1.70. The molecule has 0 saturated heterocycles. The van der Waals surface area contributed by atoms with Crippen LogP contribution in [0.5, 0.6) is 0 Å². The van der Waals surface area contributed by atoms with Gasteiger partial charge in [-0.2, -0.15) is 0 Å². The van der Waals surface area contributed by atoms with Gasteiger partial charge in [-0.25, -0.2) is 15.0 Å². The van der Waals surface area contributed by atoms with Crippen LogP contribution in [0.3, 0.4) is 0 Å². The molecule has 0 aliphatic rings. The van der Waals surface area contributed by atoms with Crippen LogP contribution in [0.25, 0.3) is 11.2 Å². The van der Waals surface area contributed by atoms with Gasteiger partial charge in [0.25, 0.3) is 0 Å². The lowest BCUT2D eigenvalue weighted by Gasteiger charge is -2.05. The number of hydrogen-bond donors (Lipinski definition) is 0. The number of halogens is 1. The Balaban J connectivity index is 0.00000128. The first-order valence-corrected chi connectivity index (χ1v) is 4.73. The molecule has 0 aliphatic carbocycles. The Morgan fingerprint density at radius 1 is 1.19 bits per heavy atom. The second-order valence-corrected chi connectivity index (χ2v) is 3.47. The molecule has 5 nitrogen and oxygen atoms in total. The molecule has 0 bridgehead atoms. The second kappa shape index (κ2) is 4.57. The molecule has 2 rings (SSSR count). The topological polar surface area (TPSA) is 56.0 Å². The summed E-state index contributed by atoms with van der Waals surface area (Å²) < 4.78 is 1.85. The summed E-state index contributed by atoms with van der Waals surface area (Å²) in [6.45, 7) is 3.89. The smallest absolute Gasteiger partial charge is 0.178 e. The van der Waals surface area contributed by atoms with Crippen LogP contribution in [0.15, 0.2) is 11.3 Å². The molecule has 6 heteroatoms. The number of fused-ring (bicyclic) bond motifs is 1. The molecular formula is C10H14ClN5. The van der Waals surface area contributed by atoms with Gasteiger partial charge in [0.1, 0.15) is 0 Å². The predicted octanol–water partition coefficient (Wildman–Crippen LogP) is 0.932. The fourth-order valence-electron chi connectivity index (χ4n) is 1.41. The van der Waals surface area contributed by atoms with E-state index in [-0.39, 0.29) is 12.4 Å². The number of nitrogens with zero attached hydrogens (tertiary/aromatic N) is 5. The van der Waals surface area contributed by atoms with Crippen molar-refractivity contribution < 1.29 is 0 Å². The molecule has 0 atom stereocenters. The van der Waals surface area contributed by atoms with E-state index in [1.54, 1.807) is 13.4 Å². The molecule has 86 valence electrons. The first kappa shape index (κ1) is 12.6. The van der Waals surface area contributed by atoms with E-state index in [1.807, 2.05) is 25.5 Å². The van der Waals surface area contributed by atoms with Gasteiger partial charge >= 0.3 is 0 Å². The van der Waals surface area contributed by atoms with E-state index in [0.29, 0.717) is 5.49 Å². The highest BCUT2D eigenvalue weighted by Gasteiger charge is 2.05. The van der Waals surface area contributed by atoms with E-state index >= 15 is 0 Å². The summed E-state index contributed by atoms with van der Waals surface area (Å²) in [5, 5.41) is 0. The molecule has 0 radical (unpaired) electrons. The van der Waals surface area contributed by atoms with E-state index in [4.69, 9.17) is 0 Å². The van der Waals surface area contributed by atoms with Crippen molar-refractivity contribution in [1.82, 2.24) is 19.5 Å². The highest BCUT2D eigenvalue weighted by molar-refractivity contribution is 5.85. The van der Waals surface area contributed by atoms with Gasteiger partial charge in [-0.05, 0) is 13.8 Å². The molecule has 0 unspecified atom stereocenters. The predicted molar refractivity (Wildman–Crippen MR) is 64.5 cm³/mol. The van der Waals surface area contributed by atoms with E-state index in [2.05, 4.69) is 19.9 Å². The Labute approximate surface area is 99.7 Å². The van der Waals surface area contributed by atoms with Crippen molar-refractivity contribution in [3.63, 3.8) is 0 Å². The van der Waals surface area contributed by atoms with Crippen LogP contribution in [-0.4, -0.2) is 26.6 Å². The lowest BCUT2D eigenvalue weighted by atomic mass is 10.3. The summed E-state index contributed by atoms with van der Waals surface area (Å²) in [6, 6.07) is 0. The van der Waals surface area contributed by atoms with Gasteiger partial charge in [-0.15, -0.1) is 12.4 Å². The van der Waals surface area contributed by atoms with Crippen molar-refractivity contribution in [2.45, 2.75) is 13.8 Å². The summed E-state index contributed by atoms with van der Waals surface area (Å²) in [4.78, 5) is 17.2. The highest BCUT2D eigenvalue weighted by Crippen LogP contribution is 2.06. The fourth-order valence-corrected chi connectivity index (χ4v) is 1.41. The Morgan fingerprint density at radius 3 is 2.44 bits per heavy atom. The minimum absolute atomic E-state index is 0. The van der Waals surface area contributed by atoms with E-state index < -0.39 is 0 Å². The fraction of sp³-hybridized carbons (Fsp3) is 0.400. The lowest BCUT2D eigenvalue weighted by molar-refractivity contribution is 0.858. The third-order valence-corrected chi connectivity index (χ3v) is 2.40. The van der Waals surface area contributed by atoms with Crippen LogP contribution in [0.1, 0.15) is 11.4 Å². The maximum absolute atomic E-state index is 4.48. The first-order valence-electron chi connectivity index (χ1n) is 4.73. The average molecular weight is 240 g/mol. The first-order chi connectivity index (χ1) is 7.13. The monoisotopic (exact) mass is 239 g/mol. The minimum Gasteiger partial charge on any atom is -0.318 e. The summed E-state index contributed by atoms with van der Waals surface area (Å²) in [7, 11) is 3.61. The highest BCUT2D eigenvalue weighted by atomic mass is 35.5. The van der Waals surface area contributed by atoms with Crippen LogP contribution in [0.2, 0.25) is 0 Å². The van der Waals surface area contributed by atoms with Gasteiger partial charge in [-0.1, -0.05) is 0 Å². The minimum atomic E-state index is 0. The summed E-state index contributed by atoms with van der Waals surface area (Å²) in [5.41, 5.74) is 4.06. The maximum atomic E-state index is 4.48. The van der Waals surface area contributed by atoms with Crippen LogP contribution in [0, 0.1) is 13.8 Å². The van der Waals surface area contributed by atoms with Gasteiger partial charge in [0.05, 0.1) is 17.7 Å². The molecule has 16 heavy (non-hydrogen) atoms. The molecule has 2 aromatic heterocycles. The van der Waals surface area contributed by atoms with Crippen molar-refractivity contribution in [3.05, 3.63) is 23.2 Å². The van der Waals surface area contributed by atoms with Gasteiger partial charge in [0.2, 0.25) is 0 Å². The standard InChI is InChI=1S/C10H13N5.ClH/c1-6-7(2)14-10-8(13-6)9(11-3)12-5-15(10)4;/h5H,1-4H3;1H. The molecule has 0 aromatic carbocycles. The quantitative estimate of drug-likeness (QED) is 0.687.